The molecule has 0 aliphatic heterocycles. The topological polar surface area (TPSA) is 56.2 Å². The molecule has 0 N–H and O–H groups in total. The quantitative estimate of drug-likeness (QED) is 0.444. The summed E-state index contributed by atoms with van der Waals surface area (Å²) >= 11 is 5.86. The van der Waals surface area contributed by atoms with Crippen LogP contribution in [0, 0.1) is 11.6 Å². The molecule has 0 radical (unpaired) electrons. The molecule has 5 nitrogen and oxygen atoms in total. The zero-order valence-electron chi connectivity index (χ0n) is 12.9. The average molecular weight is 401 g/mol. The highest BCUT2D eigenvalue weighted by Crippen LogP contribution is 2.33. The Balaban J connectivity index is 1.80. The van der Waals surface area contributed by atoms with E-state index < -0.39 is 34.8 Å². The fourth-order valence-electron chi connectivity index (χ4n) is 2.45. The summed E-state index contributed by atoms with van der Waals surface area (Å²) in [5, 5.41) is 3.34. The van der Waals surface area contributed by atoms with Crippen molar-refractivity contribution in [1.82, 2.24) is 19.5 Å². The molecule has 11 heteroatoms. The van der Waals surface area contributed by atoms with Crippen LogP contribution in [-0.2, 0) is 6.18 Å². The van der Waals surface area contributed by atoms with Crippen LogP contribution in [0.2, 0.25) is 5.02 Å². The Morgan fingerprint density at radius 3 is 2.41 bits per heavy atom. The Hall–Kier alpha value is -3.01. The summed E-state index contributed by atoms with van der Waals surface area (Å²) in [7, 11) is 0. The minimum Gasteiger partial charge on any atom is -0.333 e. The third-order valence-corrected chi connectivity index (χ3v) is 3.94. The average Bonchev–Trinajstić information content (AvgIpc) is 3.20. The van der Waals surface area contributed by atoms with Crippen molar-refractivity contribution < 1.29 is 26.5 Å². The predicted molar refractivity (Wildman–Crippen MR) is 83.8 cm³/mol. The van der Waals surface area contributed by atoms with Crippen molar-refractivity contribution in [1.29, 1.82) is 0 Å². The van der Waals surface area contributed by atoms with Crippen LogP contribution in [0.4, 0.5) is 22.0 Å². The summed E-state index contributed by atoms with van der Waals surface area (Å²) in [4.78, 5) is 7.92. The summed E-state index contributed by atoms with van der Waals surface area (Å²) in [6.45, 7) is 0. The van der Waals surface area contributed by atoms with Crippen LogP contribution < -0.4 is 0 Å². The van der Waals surface area contributed by atoms with Gasteiger partial charge in [0.15, 0.2) is 5.65 Å². The molecule has 0 saturated carbocycles. The van der Waals surface area contributed by atoms with Gasteiger partial charge in [-0.2, -0.15) is 18.2 Å². The Morgan fingerprint density at radius 2 is 1.74 bits per heavy atom. The van der Waals surface area contributed by atoms with Crippen molar-refractivity contribution in [3.05, 3.63) is 58.9 Å². The van der Waals surface area contributed by atoms with E-state index in [1.165, 1.54) is 12.3 Å². The molecule has 0 unspecified atom stereocenters. The smallest absolute Gasteiger partial charge is 0.333 e. The largest absolute Gasteiger partial charge is 0.417 e. The second-order valence-electron chi connectivity index (χ2n) is 5.45. The Bertz CT molecular complexity index is 1150. The van der Waals surface area contributed by atoms with E-state index in [1.54, 1.807) is 0 Å². The molecule has 138 valence electrons. The molecule has 0 atom stereocenters. The van der Waals surface area contributed by atoms with E-state index in [2.05, 4.69) is 15.1 Å². The van der Waals surface area contributed by atoms with E-state index in [4.69, 9.17) is 16.1 Å². The molecule has 0 fully saturated rings. The van der Waals surface area contributed by atoms with E-state index in [9.17, 15) is 22.0 Å². The first-order valence-electron chi connectivity index (χ1n) is 7.28. The number of benzene rings is 1. The van der Waals surface area contributed by atoms with Crippen LogP contribution in [0.1, 0.15) is 5.56 Å². The van der Waals surface area contributed by atoms with Gasteiger partial charge in [0.2, 0.25) is 5.82 Å². The number of nitrogens with zero attached hydrogens (tertiary/aromatic N) is 4. The van der Waals surface area contributed by atoms with E-state index in [0.717, 1.165) is 28.8 Å². The molecule has 4 rings (SSSR count). The van der Waals surface area contributed by atoms with Crippen molar-refractivity contribution in [2.24, 2.45) is 0 Å². The maximum Gasteiger partial charge on any atom is 0.417 e. The Kier molecular flexibility index (Phi) is 3.88. The molecular weight excluding hydrogens is 395 g/mol. The lowest BCUT2D eigenvalue weighted by Crippen LogP contribution is -2.06. The second-order valence-corrected chi connectivity index (χ2v) is 5.86. The van der Waals surface area contributed by atoms with Crippen LogP contribution in [0.25, 0.3) is 28.6 Å². The van der Waals surface area contributed by atoms with E-state index >= 15 is 0 Å². The number of pyridine rings is 1. The van der Waals surface area contributed by atoms with Gasteiger partial charge in [0, 0.05) is 12.4 Å². The molecule has 1 aromatic carbocycles. The summed E-state index contributed by atoms with van der Waals surface area (Å²) in [6, 6.07) is 3.95. The fourth-order valence-corrected chi connectivity index (χ4v) is 2.71. The van der Waals surface area contributed by atoms with Crippen LogP contribution in [0.15, 0.2) is 41.2 Å². The van der Waals surface area contributed by atoms with Crippen LogP contribution >= 0.6 is 11.6 Å². The molecule has 3 aromatic heterocycles. The van der Waals surface area contributed by atoms with Crippen molar-refractivity contribution in [3.8, 4) is 23.0 Å². The number of rotatable bonds is 2. The molecule has 0 bridgehead atoms. The van der Waals surface area contributed by atoms with Gasteiger partial charge in [-0.25, -0.2) is 13.8 Å². The van der Waals surface area contributed by atoms with Gasteiger partial charge in [-0.15, -0.1) is 0 Å². The summed E-state index contributed by atoms with van der Waals surface area (Å²) in [5.41, 5.74) is -1.44. The standard InChI is InChI=1S/C16H6ClF5N4O/c17-8-4-7(16(20,21)22)5-26-6-11(23-14(8)26)13-24-15(27-25-13)12-9(18)2-1-3-10(12)19/h1-6H. The number of aromatic nitrogens is 4. The van der Waals surface area contributed by atoms with Gasteiger partial charge < -0.3 is 8.92 Å². The van der Waals surface area contributed by atoms with Gasteiger partial charge in [-0.3, -0.25) is 0 Å². The SMILES string of the molecule is Fc1cccc(F)c1-c1nc(-c2cn3cc(C(F)(F)F)cc(Cl)c3n2)no1. The lowest BCUT2D eigenvalue weighted by Gasteiger charge is -2.07. The number of hydrogen-bond acceptors (Lipinski definition) is 4. The first-order valence-corrected chi connectivity index (χ1v) is 7.66. The molecular formula is C16H6ClF5N4O. The molecule has 0 aliphatic rings. The van der Waals surface area contributed by atoms with E-state index in [0.29, 0.717) is 0 Å². The van der Waals surface area contributed by atoms with Gasteiger partial charge in [-0.05, 0) is 18.2 Å². The predicted octanol–water partition coefficient (Wildman–Crippen LogP) is 5.00. The summed E-state index contributed by atoms with van der Waals surface area (Å²) in [5.74, 6) is -2.41. The summed E-state index contributed by atoms with van der Waals surface area (Å²) in [6.07, 6.45) is -2.60. The molecule has 3 heterocycles. The van der Waals surface area contributed by atoms with E-state index in [-0.39, 0.29) is 22.2 Å². The fraction of sp³-hybridized carbons (Fsp3) is 0.0625. The molecule has 0 amide bonds. The number of hydrogen-bond donors (Lipinski definition) is 0. The number of imidazole rings is 1. The minimum absolute atomic E-state index is 0.0166. The zero-order chi connectivity index (χ0) is 19.3. The Labute approximate surface area is 152 Å². The second kappa shape index (κ2) is 6.02. The molecule has 4 aromatic rings. The van der Waals surface area contributed by atoms with Crippen molar-refractivity contribution in [2.45, 2.75) is 6.18 Å². The van der Waals surface area contributed by atoms with Gasteiger partial charge in [0.25, 0.3) is 5.89 Å². The van der Waals surface area contributed by atoms with Gasteiger partial charge in [-0.1, -0.05) is 22.8 Å². The van der Waals surface area contributed by atoms with Gasteiger partial charge in [0.05, 0.1) is 10.6 Å². The van der Waals surface area contributed by atoms with E-state index in [1.807, 2.05) is 0 Å². The lowest BCUT2D eigenvalue weighted by atomic mass is 10.2. The van der Waals surface area contributed by atoms with Crippen LogP contribution in [0.3, 0.4) is 0 Å². The van der Waals surface area contributed by atoms with Crippen molar-refractivity contribution in [2.75, 3.05) is 0 Å². The zero-order valence-corrected chi connectivity index (χ0v) is 13.7. The maximum atomic E-state index is 13.8. The number of halogens is 6. The first kappa shape index (κ1) is 17.4. The molecule has 0 saturated heterocycles. The van der Waals surface area contributed by atoms with Crippen molar-refractivity contribution >= 4 is 17.2 Å². The monoisotopic (exact) mass is 400 g/mol. The normalized spacial score (nSPS) is 12.1. The van der Waals surface area contributed by atoms with Gasteiger partial charge >= 0.3 is 6.18 Å². The van der Waals surface area contributed by atoms with Crippen LogP contribution in [-0.4, -0.2) is 19.5 Å². The van der Waals surface area contributed by atoms with Crippen LogP contribution in [0.5, 0.6) is 0 Å². The van der Waals surface area contributed by atoms with Gasteiger partial charge in [0.1, 0.15) is 22.9 Å². The lowest BCUT2D eigenvalue weighted by molar-refractivity contribution is -0.137. The Morgan fingerprint density at radius 1 is 1.04 bits per heavy atom. The number of fused-ring (bicyclic) bond motifs is 1. The van der Waals surface area contributed by atoms with Crippen molar-refractivity contribution in [3.63, 3.8) is 0 Å². The molecule has 0 aliphatic carbocycles. The maximum absolute atomic E-state index is 13.8. The number of alkyl halides is 3. The minimum atomic E-state index is -4.59. The highest BCUT2D eigenvalue weighted by atomic mass is 35.5. The highest BCUT2D eigenvalue weighted by molar-refractivity contribution is 6.33. The third kappa shape index (κ3) is 3.01. The summed E-state index contributed by atoms with van der Waals surface area (Å²) < 4.78 is 72.2. The highest BCUT2D eigenvalue weighted by Gasteiger charge is 2.32. The first-order chi connectivity index (χ1) is 12.7. The third-order valence-electron chi connectivity index (χ3n) is 3.67. The molecule has 0 spiro atoms. The molecule has 27 heavy (non-hydrogen) atoms.